The van der Waals surface area contributed by atoms with Crippen LogP contribution >= 0.6 is 27.5 Å². The zero-order valence-corrected chi connectivity index (χ0v) is 24.8. The molecule has 0 saturated heterocycles. The molecule has 0 aliphatic carbocycles. The van der Waals surface area contributed by atoms with E-state index in [4.69, 9.17) is 16.3 Å². The molecule has 2 aromatic carbocycles. The van der Waals surface area contributed by atoms with Gasteiger partial charge in [0.25, 0.3) is 0 Å². The molecule has 0 radical (unpaired) electrons. The summed E-state index contributed by atoms with van der Waals surface area (Å²) in [6.45, 7) is 15.1. The van der Waals surface area contributed by atoms with E-state index in [1.165, 1.54) is 6.07 Å². The Morgan fingerprint density at radius 1 is 1.28 bits per heavy atom. The molecule has 196 valence electrons. The number of halogens is 3. The minimum atomic E-state index is -1.23. The normalized spacial score (nSPS) is 19.5. The van der Waals surface area contributed by atoms with Crippen LogP contribution in [-0.4, -0.2) is 26.4 Å². The molecule has 3 atom stereocenters. The van der Waals surface area contributed by atoms with Crippen LogP contribution in [-0.2, 0) is 27.5 Å². The van der Waals surface area contributed by atoms with Gasteiger partial charge in [0.1, 0.15) is 11.4 Å². The first-order valence-electron chi connectivity index (χ1n) is 11.9. The Morgan fingerprint density at radius 3 is 2.42 bits per heavy atom. The molecule has 1 heterocycles. The fourth-order valence-electron chi connectivity index (χ4n) is 4.68. The van der Waals surface area contributed by atoms with Crippen molar-refractivity contribution in [3.05, 3.63) is 75.5 Å². The highest BCUT2D eigenvalue weighted by Crippen LogP contribution is 2.54. The summed E-state index contributed by atoms with van der Waals surface area (Å²) in [6.07, 6.45) is 2.01. The topological polar surface area (TPSA) is 46.6 Å². The Labute approximate surface area is 229 Å². The van der Waals surface area contributed by atoms with E-state index < -0.39 is 38.6 Å². The third-order valence-corrected chi connectivity index (χ3v) is 9.88. The molecule has 1 amide bonds. The molecule has 0 unspecified atom stereocenters. The Hall–Kier alpha value is -1.70. The number of hydrogen-bond donors (Lipinski definition) is 0. The summed E-state index contributed by atoms with van der Waals surface area (Å²) in [7, 11) is -1.23. The second-order valence-electron chi connectivity index (χ2n) is 11.1. The number of allylic oxidation sites excluding steroid dienone is 1. The van der Waals surface area contributed by atoms with E-state index in [1.54, 1.807) is 31.7 Å². The number of hydrogen-bond acceptors (Lipinski definition) is 3. The van der Waals surface area contributed by atoms with Crippen molar-refractivity contribution in [2.75, 3.05) is 10.7 Å². The number of anilines is 1. The summed E-state index contributed by atoms with van der Waals surface area (Å²) in [4.78, 5) is 15.5. The quantitative estimate of drug-likeness (QED) is 0.249. The highest BCUT2D eigenvalue weighted by atomic mass is 79.9. The van der Waals surface area contributed by atoms with Crippen LogP contribution in [0, 0.1) is 11.7 Å². The van der Waals surface area contributed by atoms with Gasteiger partial charge in [0.05, 0.1) is 16.2 Å². The van der Waals surface area contributed by atoms with Crippen LogP contribution in [0.4, 0.5) is 14.9 Å². The molecule has 0 bridgehead atoms. The number of carbonyl (C=O) groups is 1. The smallest absolute Gasteiger partial charge is 0.415 e. The van der Waals surface area contributed by atoms with Crippen LogP contribution in [0.25, 0.3) is 0 Å². The number of fused-ring (bicyclic) bond motifs is 1. The lowest BCUT2D eigenvalue weighted by Gasteiger charge is -2.45. The van der Waals surface area contributed by atoms with Gasteiger partial charge in [0.15, 0.2) is 0 Å². The number of amides is 1. The fraction of sp³-hybridized carbons (Fsp3) is 0.464. The molecule has 3 rings (SSSR count). The average molecular weight is 599 g/mol. The molecular weight excluding hydrogens is 565 g/mol. The van der Waals surface area contributed by atoms with E-state index in [1.807, 2.05) is 51.1 Å². The van der Waals surface area contributed by atoms with E-state index in [0.717, 1.165) is 5.56 Å². The second-order valence-corrected chi connectivity index (χ2v) is 14.5. The van der Waals surface area contributed by atoms with Crippen molar-refractivity contribution >= 4 is 50.1 Å². The monoisotopic (exact) mass is 597 g/mol. The van der Waals surface area contributed by atoms with Gasteiger partial charge < -0.3 is 4.74 Å². The van der Waals surface area contributed by atoms with E-state index in [0.29, 0.717) is 34.3 Å². The van der Waals surface area contributed by atoms with Gasteiger partial charge in [-0.15, -0.1) is 6.58 Å². The third kappa shape index (κ3) is 5.58. The van der Waals surface area contributed by atoms with Gasteiger partial charge in [-0.05, 0) is 81.1 Å². The van der Waals surface area contributed by atoms with Gasteiger partial charge in [0.2, 0.25) is 0 Å². The first-order valence-corrected chi connectivity index (χ1v) is 14.4. The van der Waals surface area contributed by atoms with Gasteiger partial charge in [0, 0.05) is 38.1 Å². The Bertz CT molecular complexity index is 1180. The summed E-state index contributed by atoms with van der Waals surface area (Å²) < 4.78 is 34.3. The molecule has 0 N–H and O–H groups in total. The van der Waals surface area contributed by atoms with Crippen molar-refractivity contribution in [2.24, 2.45) is 5.92 Å². The SMILES string of the molecule is C=CC[C@H](C[S@](=O)C(C)(C)C)[C@@]1(c2ccccc2)Cc2c(cc(F)c(Cl)c2Br)N1C(=O)OC(C)(C)C. The summed E-state index contributed by atoms with van der Waals surface area (Å²) in [5, 5.41) is -0.0414. The Kier molecular flexibility index (Phi) is 8.48. The van der Waals surface area contributed by atoms with Crippen molar-refractivity contribution in [1.29, 1.82) is 0 Å². The minimum absolute atomic E-state index is 0.0414. The predicted octanol–water partition coefficient (Wildman–Crippen LogP) is 8.17. The molecule has 1 aliphatic heterocycles. The minimum Gasteiger partial charge on any atom is -0.443 e. The van der Waals surface area contributed by atoms with Gasteiger partial charge >= 0.3 is 6.09 Å². The maximum Gasteiger partial charge on any atom is 0.415 e. The summed E-state index contributed by atoms with van der Waals surface area (Å²) >= 11 is 9.78. The largest absolute Gasteiger partial charge is 0.443 e. The molecular formula is C28H34BrClFNO3S. The number of nitrogens with zero attached hydrogens (tertiary/aromatic N) is 1. The average Bonchev–Trinajstić information content (AvgIpc) is 3.12. The van der Waals surface area contributed by atoms with Crippen LogP contribution in [0.5, 0.6) is 0 Å². The summed E-state index contributed by atoms with van der Waals surface area (Å²) in [5.41, 5.74) is 0.130. The van der Waals surface area contributed by atoms with Crippen molar-refractivity contribution in [1.82, 2.24) is 0 Å². The highest BCUT2D eigenvalue weighted by molar-refractivity contribution is 9.10. The van der Waals surface area contributed by atoms with Gasteiger partial charge in [-0.1, -0.05) is 48.0 Å². The van der Waals surface area contributed by atoms with Gasteiger partial charge in [-0.25, -0.2) is 9.18 Å². The third-order valence-electron chi connectivity index (χ3n) is 6.34. The zero-order chi connectivity index (χ0) is 27.1. The van der Waals surface area contributed by atoms with E-state index in [-0.39, 0.29) is 10.9 Å². The second kappa shape index (κ2) is 10.6. The molecule has 1 aliphatic rings. The van der Waals surface area contributed by atoms with Gasteiger partial charge in [-0.2, -0.15) is 0 Å². The molecule has 0 spiro atoms. The van der Waals surface area contributed by atoms with Crippen molar-refractivity contribution in [3.63, 3.8) is 0 Å². The van der Waals surface area contributed by atoms with Crippen molar-refractivity contribution in [2.45, 2.75) is 70.3 Å². The maximum absolute atomic E-state index is 15.0. The van der Waals surface area contributed by atoms with E-state index in [9.17, 15) is 13.4 Å². The standard InChI is InChI=1S/C28H34BrClFNO3S/c1-8-12-19(17-36(34)27(5,6)7)28(18-13-10-9-11-14-18)16-20-22(15-21(31)24(30)23(20)29)32(28)25(33)35-26(2,3)4/h8-11,13-15,19H,1,12,16-17H2,2-7H3/t19-,28+,36+/m1/s1. The molecule has 0 saturated carbocycles. The Balaban J connectivity index is 2.37. The molecule has 4 nitrogen and oxygen atoms in total. The highest BCUT2D eigenvalue weighted by Gasteiger charge is 2.55. The number of benzene rings is 2. The van der Waals surface area contributed by atoms with E-state index >= 15 is 0 Å². The lowest BCUT2D eigenvalue weighted by molar-refractivity contribution is 0.0516. The maximum atomic E-state index is 15.0. The number of ether oxygens (including phenoxy) is 1. The summed E-state index contributed by atoms with van der Waals surface area (Å²) in [5.74, 6) is -0.643. The van der Waals surface area contributed by atoms with Crippen LogP contribution in [0.1, 0.15) is 59.1 Å². The number of carbonyl (C=O) groups excluding carboxylic acids is 1. The number of rotatable bonds is 6. The van der Waals surface area contributed by atoms with Gasteiger partial charge in [-0.3, -0.25) is 9.11 Å². The zero-order valence-electron chi connectivity index (χ0n) is 21.7. The van der Waals surface area contributed by atoms with Crippen molar-refractivity contribution in [3.8, 4) is 0 Å². The summed E-state index contributed by atoms with van der Waals surface area (Å²) in [6, 6.07) is 10.9. The van der Waals surface area contributed by atoms with Crippen LogP contribution in [0.15, 0.2) is 53.5 Å². The first-order chi connectivity index (χ1) is 16.6. The predicted molar refractivity (Wildman–Crippen MR) is 151 cm³/mol. The van der Waals surface area contributed by atoms with E-state index in [2.05, 4.69) is 22.5 Å². The molecule has 0 fully saturated rings. The van der Waals surface area contributed by atoms with Crippen molar-refractivity contribution < 1.29 is 18.1 Å². The van der Waals surface area contributed by atoms with Crippen LogP contribution in [0.3, 0.4) is 0 Å². The molecule has 0 aromatic heterocycles. The fourth-order valence-corrected chi connectivity index (χ4v) is 6.65. The molecule has 36 heavy (non-hydrogen) atoms. The first kappa shape index (κ1) is 28.9. The lowest BCUT2D eigenvalue weighted by atomic mass is 9.74. The van der Waals surface area contributed by atoms with Crippen LogP contribution in [0.2, 0.25) is 5.02 Å². The lowest BCUT2D eigenvalue weighted by Crippen LogP contribution is -2.55. The molecule has 2 aromatic rings. The molecule has 8 heteroatoms. The Morgan fingerprint density at radius 2 is 1.89 bits per heavy atom. The van der Waals surface area contributed by atoms with Crippen LogP contribution < -0.4 is 4.90 Å².